The Morgan fingerprint density at radius 2 is 1.55 bits per heavy atom. The number of rotatable bonds is 3. The molecule has 3 aromatic carbocycles. The van der Waals surface area contributed by atoms with Crippen LogP contribution < -0.4 is 10.6 Å². The van der Waals surface area contributed by atoms with Gasteiger partial charge in [-0.15, -0.1) is 0 Å². The van der Waals surface area contributed by atoms with Crippen LogP contribution in [0.5, 0.6) is 0 Å². The maximum absolute atomic E-state index is 9.07. The number of nitrogens with two attached hydrogens (primary N) is 1. The van der Waals surface area contributed by atoms with Crippen LogP contribution in [0.25, 0.3) is 33.2 Å². The van der Waals surface area contributed by atoms with Crippen molar-refractivity contribution < 1.29 is 4.74 Å². The van der Waals surface area contributed by atoms with Crippen LogP contribution in [0, 0.1) is 11.3 Å². The molecule has 164 valence electrons. The van der Waals surface area contributed by atoms with Crippen LogP contribution in [0.15, 0.2) is 72.9 Å². The average molecular weight is 435 g/mol. The second-order valence-corrected chi connectivity index (χ2v) is 8.69. The van der Waals surface area contributed by atoms with Gasteiger partial charge in [0.05, 0.1) is 35.0 Å². The number of hydrogen-bond donors (Lipinski definition) is 1. The first-order chi connectivity index (χ1) is 16.0. The molecule has 0 spiro atoms. The monoisotopic (exact) mass is 434 g/mol. The largest absolute Gasteiger partial charge is 0.398 e. The summed E-state index contributed by atoms with van der Waals surface area (Å²) in [4.78, 5) is 7.17. The van der Waals surface area contributed by atoms with Gasteiger partial charge in [-0.05, 0) is 49.2 Å². The van der Waals surface area contributed by atoms with E-state index in [1.165, 1.54) is 5.69 Å². The van der Waals surface area contributed by atoms with E-state index < -0.39 is 0 Å². The van der Waals surface area contributed by atoms with E-state index in [-0.39, 0.29) is 12.2 Å². The van der Waals surface area contributed by atoms with Crippen molar-refractivity contribution in [3.8, 4) is 28.3 Å². The van der Waals surface area contributed by atoms with E-state index in [4.69, 9.17) is 20.7 Å². The number of nitriles is 1. The first-order valence-electron chi connectivity index (χ1n) is 11.2. The molecule has 2 unspecified atom stereocenters. The SMILES string of the molecule is CC1CN(c2ccc(-c3cnc4c(-c5ccc(C#N)cc5)cccc4c3N)cc2)CC(C)O1. The van der Waals surface area contributed by atoms with Crippen molar-refractivity contribution in [2.75, 3.05) is 23.7 Å². The highest BCUT2D eigenvalue weighted by Gasteiger charge is 2.22. The van der Waals surface area contributed by atoms with Gasteiger partial charge < -0.3 is 15.4 Å². The van der Waals surface area contributed by atoms with Crippen LogP contribution in [0.3, 0.4) is 0 Å². The molecule has 0 bridgehead atoms. The summed E-state index contributed by atoms with van der Waals surface area (Å²) in [5, 5.41) is 10.00. The van der Waals surface area contributed by atoms with Crippen molar-refractivity contribution in [1.29, 1.82) is 5.26 Å². The third-order valence-electron chi connectivity index (χ3n) is 6.23. The Hall–Kier alpha value is -3.88. The van der Waals surface area contributed by atoms with E-state index in [9.17, 15) is 0 Å². The Kier molecular flexibility index (Phi) is 5.45. The van der Waals surface area contributed by atoms with Gasteiger partial charge in [0.2, 0.25) is 0 Å². The summed E-state index contributed by atoms with van der Waals surface area (Å²) in [6.07, 6.45) is 2.30. The Bertz CT molecular complexity index is 1330. The number of anilines is 2. The maximum Gasteiger partial charge on any atom is 0.0991 e. The number of para-hydroxylation sites is 1. The molecule has 1 aliphatic heterocycles. The lowest BCUT2D eigenvalue weighted by atomic mass is 9.97. The molecule has 1 fully saturated rings. The summed E-state index contributed by atoms with van der Waals surface area (Å²) in [5.74, 6) is 0. The molecule has 2 heterocycles. The number of benzene rings is 3. The molecule has 2 N–H and O–H groups in total. The molecule has 0 saturated carbocycles. The Labute approximate surface area is 194 Å². The highest BCUT2D eigenvalue weighted by molar-refractivity contribution is 6.04. The van der Waals surface area contributed by atoms with Crippen molar-refractivity contribution in [2.24, 2.45) is 0 Å². The summed E-state index contributed by atoms with van der Waals surface area (Å²) in [6, 6.07) is 24.3. The molecule has 1 aliphatic rings. The number of nitrogen functional groups attached to an aromatic ring is 1. The minimum Gasteiger partial charge on any atom is -0.398 e. The molecule has 1 saturated heterocycles. The molecule has 0 aliphatic carbocycles. The molecule has 0 radical (unpaired) electrons. The quantitative estimate of drug-likeness (QED) is 0.452. The lowest BCUT2D eigenvalue weighted by Crippen LogP contribution is -2.45. The Morgan fingerprint density at radius 1 is 0.909 bits per heavy atom. The van der Waals surface area contributed by atoms with Crippen LogP contribution in [0.1, 0.15) is 19.4 Å². The summed E-state index contributed by atoms with van der Waals surface area (Å²) in [5.41, 5.74) is 14.0. The normalized spacial score (nSPS) is 18.3. The fraction of sp³-hybridized carbons (Fsp3) is 0.214. The topological polar surface area (TPSA) is 75.2 Å². The summed E-state index contributed by atoms with van der Waals surface area (Å²) in [6.45, 7) is 6.01. The Balaban J connectivity index is 1.49. The Morgan fingerprint density at radius 3 is 2.21 bits per heavy atom. The standard InChI is InChI=1S/C28H26N4O/c1-18-16-32(17-19(2)33-18)23-12-10-22(11-13-23)26-15-31-28-24(4-3-5-25(28)27(26)30)21-8-6-20(14-29)7-9-21/h3-13,15,18-19H,16-17H2,1-2H3,(H2,30,31). The highest BCUT2D eigenvalue weighted by Crippen LogP contribution is 2.36. The van der Waals surface area contributed by atoms with Crippen molar-refractivity contribution in [1.82, 2.24) is 4.98 Å². The van der Waals surface area contributed by atoms with Gasteiger partial charge in [-0.25, -0.2) is 0 Å². The van der Waals surface area contributed by atoms with E-state index >= 15 is 0 Å². The second-order valence-electron chi connectivity index (χ2n) is 8.69. The number of pyridine rings is 1. The number of morpholine rings is 1. The maximum atomic E-state index is 9.07. The second kappa shape index (κ2) is 8.57. The first kappa shape index (κ1) is 21.0. The van der Waals surface area contributed by atoms with Crippen LogP contribution in [-0.4, -0.2) is 30.3 Å². The van der Waals surface area contributed by atoms with Gasteiger partial charge >= 0.3 is 0 Å². The number of aromatic nitrogens is 1. The molecular weight excluding hydrogens is 408 g/mol. The minimum absolute atomic E-state index is 0.221. The molecule has 1 aromatic heterocycles. The van der Waals surface area contributed by atoms with E-state index in [0.717, 1.165) is 51.9 Å². The van der Waals surface area contributed by atoms with Crippen LogP contribution >= 0.6 is 0 Å². The zero-order valence-electron chi connectivity index (χ0n) is 18.8. The molecule has 0 amide bonds. The van der Waals surface area contributed by atoms with E-state index in [1.807, 2.05) is 48.7 Å². The zero-order valence-corrected chi connectivity index (χ0v) is 18.8. The molecule has 5 nitrogen and oxygen atoms in total. The fourth-order valence-electron chi connectivity index (χ4n) is 4.67. The fourth-order valence-corrected chi connectivity index (χ4v) is 4.67. The number of ether oxygens (including phenoxy) is 1. The average Bonchev–Trinajstić information content (AvgIpc) is 2.84. The number of fused-ring (bicyclic) bond motifs is 1. The van der Waals surface area contributed by atoms with Gasteiger partial charge in [0, 0.05) is 41.5 Å². The van der Waals surface area contributed by atoms with E-state index in [0.29, 0.717) is 5.56 Å². The summed E-state index contributed by atoms with van der Waals surface area (Å²) in [7, 11) is 0. The van der Waals surface area contributed by atoms with Crippen LogP contribution in [0.2, 0.25) is 0 Å². The van der Waals surface area contributed by atoms with Crippen molar-refractivity contribution in [3.05, 3.63) is 78.5 Å². The van der Waals surface area contributed by atoms with Gasteiger partial charge in [0.1, 0.15) is 0 Å². The van der Waals surface area contributed by atoms with Crippen LogP contribution in [-0.2, 0) is 4.74 Å². The number of hydrogen-bond acceptors (Lipinski definition) is 5. The lowest BCUT2D eigenvalue weighted by Gasteiger charge is -2.36. The zero-order chi connectivity index (χ0) is 22.9. The van der Waals surface area contributed by atoms with E-state index in [1.54, 1.807) is 0 Å². The van der Waals surface area contributed by atoms with Crippen molar-refractivity contribution >= 4 is 22.3 Å². The van der Waals surface area contributed by atoms with Crippen molar-refractivity contribution in [2.45, 2.75) is 26.1 Å². The predicted molar refractivity (Wildman–Crippen MR) is 134 cm³/mol. The first-order valence-corrected chi connectivity index (χ1v) is 11.2. The molecule has 2 atom stereocenters. The van der Waals surface area contributed by atoms with Crippen LogP contribution in [0.4, 0.5) is 11.4 Å². The molecule has 5 rings (SSSR count). The van der Waals surface area contributed by atoms with Gasteiger partial charge in [-0.2, -0.15) is 5.26 Å². The third kappa shape index (κ3) is 4.02. The summed E-state index contributed by atoms with van der Waals surface area (Å²) >= 11 is 0. The van der Waals surface area contributed by atoms with Gasteiger partial charge in [-0.3, -0.25) is 4.98 Å². The van der Waals surface area contributed by atoms with Gasteiger partial charge in [-0.1, -0.05) is 42.5 Å². The molecule has 33 heavy (non-hydrogen) atoms. The van der Waals surface area contributed by atoms with Crippen molar-refractivity contribution in [3.63, 3.8) is 0 Å². The highest BCUT2D eigenvalue weighted by atomic mass is 16.5. The number of nitrogens with zero attached hydrogens (tertiary/aromatic N) is 3. The smallest absolute Gasteiger partial charge is 0.0991 e. The van der Waals surface area contributed by atoms with Gasteiger partial charge in [0.15, 0.2) is 0 Å². The van der Waals surface area contributed by atoms with Gasteiger partial charge in [0.25, 0.3) is 0 Å². The summed E-state index contributed by atoms with van der Waals surface area (Å²) < 4.78 is 5.86. The minimum atomic E-state index is 0.221. The third-order valence-corrected chi connectivity index (χ3v) is 6.23. The predicted octanol–water partition coefficient (Wildman–Crippen LogP) is 5.64. The molecule has 5 heteroatoms. The van der Waals surface area contributed by atoms with E-state index in [2.05, 4.69) is 49.1 Å². The molecular formula is C28H26N4O. The molecule has 4 aromatic rings. The lowest BCUT2D eigenvalue weighted by molar-refractivity contribution is -0.00521.